The number of rotatable bonds is 19. The van der Waals surface area contributed by atoms with Crippen LogP contribution in [0.1, 0.15) is 224 Å². The number of nitrogens with two attached hydrogens (primary N) is 3. The molecule has 7 aromatic heterocycles. The second-order valence-electron chi connectivity index (χ2n) is 28.1. The lowest BCUT2D eigenvalue weighted by Crippen LogP contribution is -2.33. The summed E-state index contributed by atoms with van der Waals surface area (Å²) in [5.74, 6) is 3.15. The largest absolute Gasteiger partial charge is 0.496 e. The van der Waals surface area contributed by atoms with Gasteiger partial charge < -0.3 is 52.1 Å². The van der Waals surface area contributed by atoms with Gasteiger partial charge in [0, 0.05) is 43.8 Å². The Hall–Kier alpha value is -13.7. The van der Waals surface area contributed by atoms with Gasteiger partial charge in [-0.2, -0.15) is 15.8 Å². The summed E-state index contributed by atoms with van der Waals surface area (Å²) in [6, 6.07) is 29.3. The van der Waals surface area contributed by atoms with E-state index in [1.165, 1.54) is 72.4 Å². The minimum atomic E-state index is -0.568. The highest BCUT2D eigenvalue weighted by atomic mass is 19.1. The lowest BCUT2D eigenvalue weighted by Gasteiger charge is -2.26. The van der Waals surface area contributed by atoms with Crippen molar-refractivity contribution in [1.29, 1.82) is 15.8 Å². The van der Waals surface area contributed by atoms with Gasteiger partial charge in [-0.05, 0) is 188 Å². The Morgan fingerprint density at radius 1 is 0.409 bits per heavy atom. The third kappa shape index (κ3) is 16.1. The van der Waals surface area contributed by atoms with Crippen LogP contribution in [0.3, 0.4) is 0 Å². The molecule has 8 heterocycles. The zero-order valence-electron chi connectivity index (χ0n) is 62.7. The van der Waals surface area contributed by atoms with Crippen molar-refractivity contribution in [3.63, 3.8) is 0 Å². The zero-order chi connectivity index (χ0) is 79.8. The van der Waals surface area contributed by atoms with Gasteiger partial charge in [0.15, 0.2) is 0 Å². The lowest BCUT2D eigenvalue weighted by atomic mass is 9.98. The molecule has 1 aliphatic heterocycles. The van der Waals surface area contributed by atoms with Gasteiger partial charge in [0.05, 0.1) is 109 Å². The Kier molecular flexibility index (Phi) is 23.7. The Morgan fingerprint density at radius 2 is 0.661 bits per heavy atom. The molecule has 26 nitrogen and oxygen atoms in total. The number of amides is 2. The number of fused-ring (bicyclic) bond motifs is 5. The molecule has 0 bridgehead atoms. The van der Waals surface area contributed by atoms with Crippen molar-refractivity contribution in [1.82, 2.24) is 54.7 Å². The van der Waals surface area contributed by atoms with E-state index in [-0.39, 0.29) is 108 Å². The fraction of sp³-hybridized carbons (Fsp3) is 0.306. The number of ether oxygens (including phenoxy) is 4. The standard InChI is InChI=1S/C23H19FN2O3.3C20H19FN6O.2CH4/c1-12(26-22(27)15-5-3-4-6-16(15)23(26)28)20-19(13-7-8-13)21(29-2)17-11-14(24)9-10-18(17)25-20;3*1-10(26-20-14(8-22)19(23)24-9-25-20)17-16(11-3-4-11)18(28-2)13-7-12(21)5-6-15(13)27-17;;/h3-6,9-13H,7-8H2,1-2H3;3*5-7,9-11H,3-4H2,1-2H3,(H3,23,24,25,26);2*1H4/t;2*10-;;;/m.10.../s1. The molecule has 0 saturated heterocycles. The highest BCUT2D eigenvalue weighted by Gasteiger charge is 2.43. The van der Waals surface area contributed by atoms with Crippen molar-refractivity contribution in [2.75, 3.05) is 61.6 Å². The maximum atomic E-state index is 13.9. The van der Waals surface area contributed by atoms with Gasteiger partial charge in [-0.15, -0.1) is 0 Å². The molecule has 4 fully saturated rings. The number of hydrogen-bond donors (Lipinski definition) is 6. The topological polar surface area (TPSA) is 389 Å². The van der Waals surface area contributed by atoms with E-state index in [0.717, 1.165) is 90.7 Å². The Labute approximate surface area is 660 Å². The summed E-state index contributed by atoms with van der Waals surface area (Å²) in [6.45, 7) is 7.61. The number of carbonyl (C=O) groups excluding carboxylic acids is 2. The fourth-order valence-electron chi connectivity index (χ4n) is 14.6. The number of carbonyl (C=O) groups is 2. The van der Waals surface area contributed by atoms with Crippen LogP contribution in [0, 0.1) is 57.3 Å². The van der Waals surface area contributed by atoms with Crippen molar-refractivity contribution in [2.45, 2.75) is 142 Å². The number of nitriles is 3. The number of hydrogen-bond acceptors (Lipinski definition) is 25. The van der Waals surface area contributed by atoms with E-state index in [0.29, 0.717) is 119 Å². The molecular formula is C85H84F4N20O6. The van der Waals surface area contributed by atoms with Crippen LogP contribution in [-0.4, -0.2) is 95.0 Å². The molecule has 0 radical (unpaired) electrons. The molecule has 30 heteroatoms. The molecular weight excluding hydrogens is 1470 g/mol. The molecule has 2 amide bonds. The molecule has 4 aliphatic carbocycles. The molecule has 4 atom stereocenters. The van der Waals surface area contributed by atoms with Crippen LogP contribution in [0.5, 0.6) is 23.0 Å². The Bertz CT molecular complexity index is 5490. The molecule has 4 saturated carbocycles. The van der Waals surface area contributed by atoms with Crippen molar-refractivity contribution in [2.24, 2.45) is 0 Å². The Balaban J connectivity index is 0.000000141. The zero-order valence-corrected chi connectivity index (χ0v) is 62.7. The number of halogens is 4. The fourth-order valence-corrected chi connectivity index (χ4v) is 14.6. The summed E-state index contributed by atoms with van der Waals surface area (Å²) in [5, 5.41) is 40.3. The summed E-state index contributed by atoms with van der Waals surface area (Å²) >= 11 is 0. The summed E-state index contributed by atoms with van der Waals surface area (Å²) in [6.07, 6.45) is 12.1. The number of nitrogens with one attached hydrogen (secondary N) is 3. The van der Waals surface area contributed by atoms with Crippen molar-refractivity contribution < 1.29 is 46.1 Å². The van der Waals surface area contributed by atoms with E-state index < -0.39 is 6.04 Å². The van der Waals surface area contributed by atoms with Gasteiger partial charge in [-0.3, -0.25) is 34.4 Å². The molecule has 588 valence electrons. The summed E-state index contributed by atoms with van der Waals surface area (Å²) in [4.78, 5) is 70.4. The molecule has 12 aromatic rings. The first-order valence-electron chi connectivity index (χ1n) is 36.6. The number of nitrogens with zero attached hydrogens (tertiary/aromatic N) is 14. The summed E-state index contributed by atoms with van der Waals surface area (Å²) in [7, 11) is 6.33. The van der Waals surface area contributed by atoms with Crippen molar-refractivity contribution >= 4 is 90.3 Å². The molecule has 5 aliphatic rings. The van der Waals surface area contributed by atoms with Gasteiger partial charge in [-0.1, -0.05) is 27.0 Å². The van der Waals surface area contributed by atoms with Crippen LogP contribution in [0.2, 0.25) is 0 Å². The minimum absolute atomic E-state index is 0. The summed E-state index contributed by atoms with van der Waals surface area (Å²) in [5.41, 5.74) is 28.1. The smallest absolute Gasteiger partial charge is 0.262 e. The third-order valence-electron chi connectivity index (χ3n) is 20.5. The summed E-state index contributed by atoms with van der Waals surface area (Å²) < 4.78 is 78.1. The lowest BCUT2D eigenvalue weighted by molar-refractivity contribution is 0.0591. The maximum Gasteiger partial charge on any atom is 0.262 e. The van der Waals surface area contributed by atoms with E-state index in [9.17, 15) is 42.9 Å². The number of anilines is 6. The van der Waals surface area contributed by atoms with Crippen molar-refractivity contribution in [3.8, 4) is 41.2 Å². The predicted octanol–water partition coefficient (Wildman–Crippen LogP) is 16.9. The molecule has 2 unspecified atom stereocenters. The van der Waals surface area contributed by atoms with Crippen LogP contribution in [0.15, 0.2) is 116 Å². The highest BCUT2D eigenvalue weighted by molar-refractivity contribution is 6.21. The monoisotopic (exact) mass is 1560 g/mol. The number of pyridine rings is 4. The van der Waals surface area contributed by atoms with Gasteiger partial charge in [0.2, 0.25) is 0 Å². The predicted molar refractivity (Wildman–Crippen MR) is 429 cm³/mol. The molecule has 0 spiro atoms. The SMILES string of the molecule is C.C.COc1c(C2CC2)c(C(C)N2C(=O)c3ccccc3C2=O)nc2ccc(F)cc12.COc1c(C2CC2)c(C(C)Nc2ncnc(N)c2C#N)nc2ccc(F)cc12.COc1c(C2CC2)c([C@@H](C)Nc2ncnc(N)c2C#N)nc2ccc(F)cc12.COc1c(C2CC2)c([C@H](C)Nc2ncnc(N)c2C#N)nc2ccc(F)cc12. The normalized spacial score (nSPS) is 14.9. The number of methoxy groups -OCH3 is 4. The molecule has 9 N–H and O–H groups in total. The minimum Gasteiger partial charge on any atom is -0.496 e. The molecule has 5 aromatic carbocycles. The van der Waals surface area contributed by atoms with Gasteiger partial charge >= 0.3 is 0 Å². The number of aromatic nitrogens is 10. The van der Waals surface area contributed by atoms with Gasteiger partial charge in [0.1, 0.15) is 135 Å². The first kappa shape index (κ1) is 80.8. The van der Waals surface area contributed by atoms with E-state index in [1.807, 2.05) is 45.9 Å². The van der Waals surface area contributed by atoms with Crippen molar-refractivity contribution in [3.05, 3.63) is 212 Å². The van der Waals surface area contributed by atoms with E-state index in [1.54, 1.807) is 77.0 Å². The van der Waals surface area contributed by atoms with E-state index in [4.69, 9.17) is 56.1 Å². The van der Waals surface area contributed by atoms with Crippen LogP contribution < -0.4 is 52.1 Å². The first-order chi connectivity index (χ1) is 54.6. The first-order valence-corrected chi connectivity index (χ1v) is 36.6. The second kappa shape index (κ2) is 33.7. The molecule has 17 rings (SSSR count). The average molecular weight is 1560 g/mol. The second-order valence-corrected chi connectivity index (χ2v) is 28.1. The van der Waals surface area contributed by atoms with Crippen LogP contribution in [0.4, 0.5) is 52.5 Å². The van der Waals surface area contributed by atoms with E-state index in [2.05, 4.69) is 45.9 Å². The number of imide groups is 1. The van der Waals surface area contributed by atoms with E-state index >= 15 is 0 Å². The highest BCUT2D eigenvalue weighted by Crippen LogP contribution is 2.54. The molecule has 115 heavy (non-hydrogen) atoms. The van der Waals surface area contributed by atoms with Gasteiger partial charge in [-0.25, -0.2) is 47.5 Å². The van der Waals surface area contributed by atoms with Crippen LogP contribution in [0.25, 0.3) is 43.6 Å². The number of benzene rings is 5. The quantitative estimate of drug-likeness (QED) is 0.0323. The Morgan fingerprint density at radius 3 is 0.904 bits per heavy atom. The average Bonchev–Trinajstić information content (AvgIpc) is 1.68. The van der Waals surface area contributed by atoms with Gasteiger partial charge in [0.25, 0.3) is 11.8 Å². The van der Waals surface area contributed by atoms with Crippen LogP contribution in [-0.2, 0) is 0 Å². The van der Waals surface area contributed by atoms with Crippen LogP contribution >= 0.6 is 0 Å². The third-order valence-corrected chi connectivity index (χ3v) is 20.5. The maximum absolute atomic E-state index is 13.9. The number of nitrogen functional groups attached to an aromatic ring is 3.